The van der Waals surface area contributed by atoms with Crippen molar-refractivity contribution in [1.82, 2.24) is 25.4 Å². The second-order valence-corrected chi connectivity index (χ2v) is 12.2. The molecule has 1 aliphatic rings. The molecule has 1 atom stereocenters. The van der Waals surface area contributed by atoms with Crippen LogP contribution < -0.4 is 26.0 Å². The molecule has 0 saturated carbocycles. The zero-order valence-electron chi connectivity index (χ0n) is 26.5. The Balaban J connectivity index is 1.51. The number of anilines is 1. The Kier molecular flexibility index (Phi) is 10.1. The largest absolute Gasteiger partial charge is 0.494 e. The topological polar surface area (TPSA) is 117 Å². The first-order valence-corrected chi connectivity index (χ1v) is 15.0. The van der Waals surface area contributed by atoms with E-state index in [2.05, 4.69) is 46.9 Å². The van der Waals surface area contributed by atoms with Crippen molar-refractivity contribution in [2.24, 2.45) is 7.05 Å². The predicted octanol–water partition coefficient (Wildman–Crippen LogP) is 3.79. The van der Waals surface area contributed by atoms with E-state index in [9.17, 15) is 14.4 Å². The van der Waals surface area contributed by atoms with Gasteiger partial charge in [0.2, 0.25) is 5.91 Å². The van der Waals surface area contributed by atoms with Gasteiger partial charge in [-0.15, -0.1) is 0 Å². The molecule has 0 aliphatic carbocycles. The zero-order chi connectivity index (χ0) is 31.3. The van der Waals surface area contributed by atoms with Crippen LogP contribution in [0.25, 0.3) is 10.9 Å². The van der Waals surface area contributed by atoms with Crippen molar-refractivity contribution in [2.75, 3.05) is 45.7 Å². The highest BCUT2D eigenvalue weighted by Crippen LogP contribution is 2.36. The summed E-state index contributed by atoms with van der Waals surface area (Å²) in [5.74, 6) is -0.149. The van der Waals surface area contributed by atoms with Gasteiger partial charge >= 0.3 is 0 Å². The lowest BCUT2D eigenvalue weighted by atomic mass is 9.85. The number of amides is 3. The summed E-state index contributed by atoms with van der Waals surface area (Å²) >= 11 is 0. The number of aryl methyl sites for hydroxylation is 1. The van der Waals surface area contributed by atoms with Gasteiger partial charge in [0.15, 0.2) is 5.75 Å². The molecule has 1 saturated heterocycles. The van der Waals surface area contributed by atoms with Crippen molar-refractivity contribution in [2.45, 2.75) is 58.5 Å². The molecule has 3 amide bonds. The average Bonchev–Trinajstić information content (AvgIpc) is 3.55. The van der Waals surface area contributed by atoms with Crippen LogP contribution in [0.15, 0.2) is 36.4 Å². The lowest BCUT2D eigenvalue weighted by Gasteiger charge is -2.23. The Morgan fingerprint density at radius 1 is 1.02 bits per heavy atom. The van der Waals surface area contributed by atoms with Crippen molar-refractivity contribution < 1.29 is 19.1 Å². The molecule has 43 heavy (non-hydrogen) atoms. The SMILES string of the molecule is CCNC(=O)c1cc(C(C)(C)C)cc(NC(=O)c2cc3cccc(CNCCNC(=O)[C@@H]4CCCN4C)c3n2C)c1OC. The maximum atomic E-state index is 13.7. The third kappa shape index (κ3) is 7.19. The van der Waals surface area contributed by atoms with Crippen molar-refractivity contribution in [3.8, 4) is 5.75 Å². The minimum Gasteiger partial charge on any atom is -0.494 e. The van der Waals surface area contributed by atoms with Crippen LogP contribution in [0, 0.1) is 0 Å². The quantitative estimate of drug-likeness (QED) is 0.253. The first-order chi connectivity index (χ1) is 20.5. The molecule has 2 heterocycles. The molecule has 0 spiro atoms. The van der Waals surface area contributed by atoms with E-state index in [1.165, 1.54) is 7.11 Å². The number of ether oxygens (including phenoxy) is 1. The molecule has 232 valence electrons. The van der Waals surface area contributed by atoms with Gasteiger partial charge in [0.05, 0.1) is 29.9 Å². The van der Waals surface area contributed by atoms with Gasteiger partial charge in [0.25, 0.3) is 11.8 Å². The minimum atomic E-state index is -0.302. The number of methoxy groups -OCH3 is 1. The summed E-state index contributed by atoms with van der Waals surface area (Å²) in [5, 5.41) is 13.3. The van der Waals surface area contributed by atoms with Crippen molar-refractivity contribution >= 4 is 34.3 Å². The normalized spacial score (nSPS) is 15.5. The van der Waals surface area contributed by atoms with Gasteiger partial charge < -0.3 is 30.6 Å². The monoisotopic (exact) mass is 590 g/mol. The fourth-order valence-corrected chi connectivity index (χ4v) is 5.70. The van der Waals surface area contributed by atoms with Crippen LogP contribution in [0.5, 0.6) is 5.75 Å². The first kappa shape index (κ1) is 32.0. The van der Waals surface area contributed by atoms with E-state index in [0.717, 1.165) is 41.4 Å². The average molecular weight is 591 g/mol. The Hall–Kier alpha value is -3.89. The molecule has 1 aliphatic heterocycles. The van der Waals surface area contributed by atoms with Gasteiger partial charge in [-0.05, 0) is 68.1 Å². The molecule has 0 bridgehead atoms. The summed E-state index contributed by atoms with van der Waals surface area (Å²) in [7, 11) is 5.37. The molecule has 1 aromatic heterocycles. The summed E-state index contributed by atoms with van der Waals surface area (Å²) in [6, 6.07) is 11.6. The molecule has 10 nitrogen and oxygen atoms in total. The highest BCUT2D eigenvalue weighted by molar-refractivity contribution is 6.09. The standard InChI is InChI=1S/C33H46N6O4/c1-8-35-30(40)24-18-23(33(2,3)4)19-25(29(24)43-7)37-32(42)27-17-21-11-9-12-22(28(21)39(27)6)20-34-14-15-36-31(41)26-13-10-16-38(26)5/h9,11-12,17-19,26,34H,8,10,13-16,20H2,1-7H3,(H,35,40)(H,36,41)(H,37,42)/t26-/m0/s1. The number of carbonyl (C=O) groups excluding carboxylic acids is 3. The number of hydrogen-bond acceptors (Lipinski definition) is 6. The lowest BCUT2D eigenvalue weighted by molar-refractivity contribution is -0.125. The molecule has 2 aromatic carbocycles. The van der Waals surface area contributed by atoms with Crippen LogP contribution in [0.1, 0.15) is 72.5 Å². The summed E-state index contributed by atoms with van der Waals surface area (Å²) in [4.78, 5) is 41.2. The summed E-state index contributed by atoms with van der Waals surface area (Å²) < 4.78 is 7.54. The Labute approximate surface area is 254 Å². The number of likely N-dealkylation sites (tertiary alicyclic amines) is 1. The number of rotatable bonds is 11. The van der Waals surface area contributed by atoms with Crippen molar-refractivity contribution in [3.05, 3.63) is 58.8 Å². The first-order valence-electron chi connectivity index (χ1n) is 15.0. The third-order valence-electron chi connectivity index (χ3n) is 8.10. The molecule has 4 rings (SSSR count). The van der Waals surface area contributed by atoms with Gasteiger partial charge in [-0.25, -0.2) is 0 Å². The fourth-order valence-electron chi connectivity index (χ4n) is 5.70. The zero-order valence-corrected chi connectivity index (χ0v) is 26.5. The molecular formula is C33H46N6O4. The predicted molar refractivity (Wildman–Crippen MR) is 171 cm³/mol. The molecule has 4 N–H and O–H groups in total. The number of nitrogens with one attached hydrogen (secondary N) is 4. The summed E-state index contributed by atoms with van der Waals surface area (Å²) in [6.07, 6.45) is 1.97. The number of nitrogens with zero attached hydrogens (tertiary/aromatic N) is 2. The molecule has 1 fully saturated rings. The fraction of sp³-hybridized carbons (Fsp3) is 0.485. The van der Waals surface area contributed by atoms with Crippen LogP contribution in [0.2, 0.25) is 0 Å². The van der Waals surface area contributed by atoms with Crippen molar-refractivity contribution in [3.63, 3.8) is 0 Å². The van der Waals surface area contributed by atoms with E-state index in [1.807, 2.05) is 62.0 Å². The number of para-hydroxylation sites is 1. The molecule has 0 radical (unpaired) electrons. The van der Waals surface area contributed by atoms with Gasteiger partial charge in [-0.3, -0.25) is 19.3 Å². The Bertz CT molecular complexity index is 1490. The number of likely N-dealkylation sites (N-methyl/N-ethyl adjacent to an activating group) is 1. The molecular weight excluding hydrogens is 544 g/mol. The second-order valence-electron chi connectivity index (χ2n) is 12.2. The van der Waals surface area contributed by atoms with E-state index in [-0.39, 0.29) is 29.2 Å². The van der Waals surface area contributed by atoms with Crippen LogP contribution >= 0.6 is 0 Å². The maximum Gasteiger partial charge on any atom is 0.272 e. The van der Waals surface area contributed by atoms with Crippen LogP contribution in [0.4, 0.5) is 5.69 Å². The van der Waals surface area contributed by atoms with E-state index in [1.54, 1.807) is 0 Å². The lowest BCUT2D eigenvalue weighted by Crippen LogP contribution is -2.43. The van der Waals surface area contributed by atoms with Crippen LogP contribution in [-0.2, 0) is 23.8 Å². The van der Waals surface area contributed by atoms with E-state index >= 15 is 0 Å². The van der Waals surface area contributed by atoms with E-state index in [4.69, 9.17) is 4.74 Å². The van der Waals surface area contributed by atoms with Gasteiger partial charge in [0.1, 0.15) is 5.69 Å². The smallest absolute Gasteiger partial charge is 0.272 e. The van der Waals surface area contributed by atoms with E-state index in [0.29, 0.717) is 48.9 Å². The minimum absolute atomic E-state index is 0.0299. The summed E-state index contributed by atoms with van der Waals surface area (Å²) in [5.41, 5.74) is 3.95. The number of hydrogen-bond donors (Lipinski definition) is 4. The van der Waals surface area contributed by atoms with Gasteiger partial charge in [-0.1, -0.05) is 39.0 Å². The molecule has 3 aromatic rings. The molecule has 0 unspecified atom stereocenters. The Morgan fingerprint density at radius 2 is 1.79 bits per heavy atom. The highest BCUT2D eigenvalue weighted by Gasteiger charge is 2.27. The van der Waals surface area contributed by atoms with Gasteiger partial charge in [-0.2, -0.15) is 0 Å². The second kappa shape index (κ2) is 13.6. The highest BCUT2D eigenvalue weighted by atomic mass is 16.5. The van der Waals surface area contributed by atoms with E-state index < -0.39 is 0 Å². The number of fused-ring (bicyclic) bond motifs is 1. The maximum absolute atomic E-state index is 13.7. The van der Waals surface area contributed by atoms with Crippen molar-refractivity contribution in [1.29, 1.82) is 0 Å². The number of benzene rings is 2. The van der Waals surface area contributed by atoms with Crippen LogP contribution in [0.3, 0.4) is 0 Å². The summed E-state index contributed by atoms with van der Waals surface area (Å²) in [6.45, 7) is 11.2. The van der Waals surface area contributed by atoms with Gasteiger partial charge in [0, 0.05) is 38.6 Å². The number of aromatic nitrogens is 1. The van der Waals surface area contributed by atoms with Crippen LogP contribution in [-0.4, -0.2) is 73.6 Å². The molecule has 10 heteroatoms. The third-order valence-corrected chi connectivity index (χ3v) is 8.10. The number of carbonyl (C=O) groups is 3. The Morgan fingerprint density at radius 3 is 2.44 bits per heavy atom.